The number of amides is 1. The lowest BCUT2D eigenvalue weighted by molar-refractivity contribution is -0.128. The van der Waals surface area contributed by atoms with Gasteiger partial charge in [-0.2, -0.15) is 9.07 Å². The average molecular weight is 524 g/mol. The number of nitrogens with one attached hydrogen (secondary N) is 1. The fraction of sp³-hybridized carbons (Fsp3) is 0.250. The van der Waals surface area contributed by atoms with Gasteiger partial charge < -0.3 is 15.6 Å². The Bertz CT molecular complexity index is 1540. The third-order valence-electron chi connectivity index (χ3n) is 6.87. The molecule has 6 rings (SSSR count). The maximum atomic E-state index is 14.9. The summed E-state index contributed by atoms with van der Waals surface area (Å²) >= 11 is 6.29. The molecule has 0 saturated carbocycles. The number of allylic oxidation sites excluding steroid dienone is 1. The summed E-state index contributed by atoms with van der Waals surface area (Å²) in [6.45, 7) is 0. The van der Waals surface area contributed by atoms with Gasteiger partial charge in [0.1, 0.15) is 17.8 Å². The molecule has 0 aliphatic carbocycles. The van der Waals surface area contributed by atoms with Gasteiger partial charge in [-0.1, -0.05) is 11.6 Å². The molecule has 3 aromatic heterocycles. The molecule has 0 radical (unpaired) electrons. The van der Waals surface area contributed by atoms with Crippen LogP contribution in [-0.2, 0) is 4.79 Å². The number of aromatic nitrogens is 7. The van der Waals surface area contributed by atoms with Crippen molar-refractivity contribution in [2.45, 2.75) is 37.8 Å². The number of halogens is 3. The maximum Gasteiger partial charge on any atom is 0.247 e. The van der Waals surface area contributed by atoms with Crippen molar-refractivity contribution in [1.29, 1.82) is 0 Å². The number of benzene rings is 1. The van der Waals surface area contributed by atoms with E-state index in [0.717, 1.165) is 17.6 Å². The first-order valence-electron chi connectivity index (χ1n) is 11.6. The van der Waals surface area contributed by atoms with Crippen LogP contribution in [0.4, 0.5) is 14.6 Å². The van der Waals surface area contributed by atoms with Crippen LogP contribution in [0.3, 0.4) is 0 Å². The SMILES string of the molecule is Nc1nccc(-c2nc([C@@H]3CCC4CCC(c5cc(Cl)ccc5-n5cnnn5)=CC(=O)N43)[nH]c2F)c1F. The van der Waals surface area contributed by atoms with Crippen molar-refractivity contribution in [2.24, 2.45) is 0 Å². The summed E-state index contributed by atoms with van der Waals surface area (Å²) in [4.78, 5) is 25.9. The van der Waals surface area contributed by atoms with E-state index in [2.05, 4.69) is 30.5 Å². The molecule has 1 fully saturated rings. The molecule has 1 amide bonds. The Morgan fingerprint density at radius 2 is 2.00 bits per heavy atom. The van der Waals surface area contributed by atoms with Crippen molar-refractivity contribution in [1.82, 2.24) is 40.1 Å². The minimum atomic E-state index is -0.845. The number of carbonyl (C=O) groups excluding carboxylic acids is 1. The molecular formula is C24H20ClF2N9O. The smallest absolute Gasteiger partial charge is 0.247 e. The molecule has 13 heteroatoms. The number of pyridine rings is 1. The quantitative estimate of drug-likeness (QED) is 0.415. The molecule has 0 bridgehead atoms. The number of nitrogen functional groups attached to an aromatic ring is 1. The van der Waals surface area contributed by atoms with E-state index in [1.165, 1.54) is 23.3 Å². The Balaban J connectivity index is 1.35. The van der Waals surface area contributed by atoms with E-state index in [1.807, 2.05) is 0 Å². The molecule has 10 nitrogen and oxygen atoms in total. The summed E-state index contributed by atoms with van der Waals surface area (Å²) < 4.78 is 30.9. The number of fused-ring (bicyclic) bond motifs is 1. The zero-order chi connectivity index (χ0) is 25.7. The number of nitrogens with zero attached hydrogens (tertiary/aromatic N) is 7. The minimum absolute atomic E-state index is 0.0631. The molecular weight excluding hydrogens is 504 g/mol. The number of aromatic amines is 1. The summed E-state index contributed by atoms with van der Waals surface area (Å²) in [6.07, 6.45) is 6.98. The van der Waals surface area contributed by atoms with Crippen molar-refractivity contribution >= 4 is 28.9 Å². The highest BCUT2D eigenvalue weighted by atomic mass is 35.5. The fourth-order valence-electron chi connectivity index (χ4n) is 5.18. The summed E-state index contributed by atoms with van der Waals surface area (Å²) in [5.74, 6) is -1.95. The zero-order valence-electron chi connectivity index (χ0n) is 19.3. The first kappa shape index (κ1) is 23.2. The molecule has 2 aliphatic rings. The van der Waals surface area contributed by atoms with Crippen molar-refractivity contribution in [3.8, 4) is 16.9 Å². The Morgan fingerprint density at radius 3 is 2.81 bits per heavy atom. The fourth-order valence-corrected chi connectivity index (χ4v) is 5.36. The monoisotopic (exact) mass is 523 g/mol. The van der Waals surface area contributed by atoms with Gasteiger partial charge in [-0.15, -0.1) is 5.10 Å². The van der Waals surface area contributed by atoms with Gasteiger partial charge in [0.05, 0.1) is 11.7 Å². The number of H-pyrrole nitrogens is 1. The van der Waals surface area contributed by atoms with E-state index >= 15 is 0 Å². The van der Waals surface area contributed by atoms with Gasteiger partial charge in [0.25, 0.3) is 0 Å². The normalized spacial score (nSPS) is 19.6. The van der Waals surface area contributed by atoms with E-state index < -0.39 is 17.8 Å². The summed E-state index contributed by atoms with van der Waals surface area (Å²) in [6, 6.07) is 6.08. The second-order valence-electron chi connectivity index (χ2n) is 8.96. The molecule has 0 spiro atoms. The number of tetrazole rings is 1. The van der Waals surface area contributed by atoms with Crippen molar-refractivity contribution in [3.05, 3.63) is 71.0 Å². The third kappa shape index (κ3) is 4.02. The molecule has 1 aromatic carbocycles. The highest BCUT2D eigenvalue weighted by Crippen LogP contribution is 2.42. The molecule has 37 heavy (non-hydrogen) atoms. The van der Waals surface area contributed by atoms with Gasteiger partial charge in [-0.25, -0.2) is 14.4 Å². The van der Waals surface area contributed by atoms with E-state index in [1.54, 1.807) is 29.2 Å². The zero-order valence-corrected chi connectivity index (χ0v) is 20.0. The van der Waals surface area contributed by atoms with E-state index in [4.69, 9.17) is 17.3 Å². The van der Waals surface area contributed by atoms with E-state index in [-0.39, 0.29) is 34.8 Å². The van der Waals surface area contributed by atoms with Gasteiger partial charge in [-0.05, 0) is 65.9 Å². The second-order valence-corrected chi connectivity index (χ2v) is 9.40. The van der Waals surface area contributed by atoms with Gasteiger partial charge in [-0.3, -0.25) is 4.79 Å². The molecule has 1 saturated heterocycles. The molecule has 2 aliphatic heterocycles. The van der Waals surface area contributed by atoms with Crippen LogP contribution in [0, 0.1) is 11.8 Å². The highest BCUT2D eigenvalue weighted by molar-refractivity contribution is 6.30. The largest absolute Gasteiger partial charge is 0.381 e. The van der Waals surface area contributed by atoms with E-state index in [0.29, 0.717) is 30.0 Å². The maximum absolute atomic E-state index is 14.9. The molecule has 188 valence electrons. The Morgan fingerprint density at radius 1 is 1.14 bits per heavy atom. The predicted octanol–water partition coefficient (Wildman–Crippen LogP) is 3.87. The van der Waals surface area contributed by atoms with Crippen LogP contribution in [0.1, 0.15) is 43.1 Å². The number of rotatable bonds is 4. The van der Waals surface area contributed by atoms with Crippen LogP contribution in [0.2, 0.25) is 5.02 Å². The number of hydrogen-bond donors (Lipinski definition) is 2. The van der Waals surface area contributed by atoms with Crippen LogP contribution >= 0.6 is 11.6 Å². The van der Waals surface area contributed by atoms with Gasteiger partial charge in [0, 0.05) is 34.5 Å². The van der Waals surface area contributed by atoms with Crippen LogP contribution < -0.4 is 5.73 Å². The third-order valence-corrected chi connectivity index (χ3v) is 7.10. The molecule has 1 unspecified atom stereocenters. The second kappa shape index (κ2) is 9.04. The van der Waals surface area contributed by atoms with Gasteiger partial charge in [0.15, 0.2) is 11.6 Å². The first-order chi connectivity index (χ1) is 17.9. The lowest BCUT2D eigenvalue weighted by Gasteiger charge is -2.27. The summed E-state index contributed by atoms with van der Waals surface area (Å²) in [5, 5.41) is 11.9. The average Bonchev–Trinajstić information content (AvgIpc) is 3.61. The van der Waals surface area contributed by atoms with E-state index in [9.17, 15) is 13.6 Å². The van der Waals surface area contributed by atoms with Crippen LogP contribution in [0.15, 0.2) is 42.9 Å². The van der Waals surface area contributed by atoms with Crippen LogP contribution in [-0.4, -0.2) is 52.0 Å². The standard InChI is InChI=1S/C24H20ClF2N9O/c25-13-2-5-17(35-11-30-33-34-35)16(10-13)12-1-3-14-4-6-18(36(14)19(37)9-12)24-31-21(22(27)32-24)15-7-8-29-23(28)20(15)26/h2,5,7-11,14,18H,1,3-4,6H2,(H2,28,29)(H,31,32)/t14?,18-/m0/s1. The van der Waals surface area contributed by atoms with Crippen LogP contribution in [0.25, 0.3) is 22.5 Å². The van der Waals surface area contributed by atoms with Crippen molar-refractivity contribution in [2.75, 3.05) is 5.73 Å². The number of imidazole rings is 1. The molecule has 2 atom stereocenters. The lowest BCUT2D eigenvalue weighted by Crippen LogP contribution is -2.35. The number of anilines is 1. The van der Waals surface area contributed by atoms with Gasteiger partial charge in [0.2, 0.25) is 11.9 Å². The summed E-state index contributed by atoms with van der Waals surface area (Å²) in [7, 11) is 0. The topological polar surface area (TPSA) is 132 Å². The molecule has 3 N–H and O–H groups in total. The number of carbonyl (C=O) groups is 1. The Labute approximate surface area is 214 Å². The lowest BCUT2D eigenvalue weighted by atomic mass is 9.97. The number of hydrogen-bond acceptors (Lipinski definition) is 7. The Hall–Kier alpha value is -4.19. The molecule has 5 heterocycles. The summed E-state index contributed by atoms with van der Waals surface area (Å²) in [5.41, 5.74) is 7.50. The first-order valence-corrected chi connectivity index (χ1v) is 12.0. The van der Waals surface area contributed by atoms with Crippen molar-refractivity contribution < 1.29 is 13.6 Å². The minimum Gasteiger partial charge on any atom is -0.381 e. The molecule has 4 aromatic rings. The predicted molar refractivity (Wildman–Crippen MR) is 130 cm³/mol. The number of nitrogens with two attached hydrogens (primary N) is 1. The Kier molecular flexibility index (Phi) is 5.67. The van der Waals surface area contributed by atoms with Crippen LogP contribution in [0.5, 0.6) is 0 Å². The van der Waals surface area contributed by atoms with Gasteiger partial charge >= 0.3 is 0 Å². The van der Waals surface area contributed by atoms with Crippen molar-refractivity contribution in [3.63, 3.8) is 0 Å². The highest BCUT2D eigenvalue weighted by Gasteiger charge is 2.40.